The highest BCUT2D eigenvalue weighted by Gasteiger charge is 2.02. The maximum absolute atomic E-state index is 8.61. The lowest BCUT2D eigenvalue weighted by molar-refractivity contribution is 1.32. The first-order valence-corrected chi connectivity index (χ1v) is 4.48. The van der Waals surface area contributed by atoms with Crippen molar-refractivity contribution in [3.63, 3.8) is 0 Å². The van der Waals surface area contributed by atoms with Crippen LogP contribution in [0.3, 0.4) is 0 Å². The van der Waals surface area contributed by atoms with Crippen molar-refractivity contribution in [3.05, 3.63) is 35.6 Å². The monoisotopic (exact) mass is 187 g/mol. The summed E-state index contributed by atoms with van der Waals surface area (Å²) in [5.41, 5.74) is 1.00. The highest BCUT2D eigenvalue weighted by molar-refractivity contribution is 7.15. The number of rotatable bonds is 1. The van der Waals surface area contributed by atoms with Crippen molar-refractivity contribution >= 4 is 11.3 Å². The first-order chi connectivity index (χ1) is 6.40. The number of thiazole rings is 1. The van der Waals surface area contributed by atoms with Crippen LogP contribution in [0.2, 0.25) is 0 Å². The molecule has 0 bridgehead atoms. The molecule has 4 heteroatoms. The van der Waals surface area contributed by atoms with E-state index in [1.165, 1.54) is 11.3 Å². The summed E-state index contributed by atoms with van der Waals surface area (Å²) < 4.78 is 0. The van der Waals surface area contributed by atoms with Gasteiger partial charge in [0.05, 0.1) is 6.20 Å². The second kappa shape index (κ2) is 3.33. The smallest absolute Gasteiger partial charge is 0.125 e. The summed E-state index contributed by atoms with van der Waals surface area (Å²) in [6.07, 6.45) is 5.01. The molecule has 62 valence electrons. The van der Waals surface area contributed by atoms with E-state index in [1.807, 2.05) is 12.1 Å². The largest absolute Gasteiger partial charge is 0.265 e. The number of nitrogens with zero attached hydrogens (tertiary/aromatic N) is 3. The standard InChI is InChI=1S/C9H5N3S/c10-5-8-6-12-9(13-8)7-1-3-11-4-2-7/h1-4,6H. The van der Waals surface area contributed by atoms with E-state index in [0.717, 1.165) is 10.6 Å². The molecule has 2 aromatic rings. The molecule has 2 rings (SSSR count). The summed E-state index contributed by atoms with van der Waals surface area (Å²) in [7, 11) is 0. The molecule has 13 heavy (non-hydrogen) atoms. The van der Waals surface area contributed by atoms with E-state index in [1.54, 1.807) is 18.6 Å². The molecule has 0 aliphatic heterocycles. The zero-order valence-electron chi connectivity index (χ0n) is 6.64. The molecule has 3 nitrogen and oxygen atoms in total. The molecular weight excluding hydrogens is 182 g/mol. The Hall–Kier alpha value is -1.73. The van der Waals surface area contributed by atoms with Crippen LogP contribution in [0, 0.1) is 11.3 Å². The number of hydrogen-bond acceptors (Lipinski definition) is 4. The number of nitriles is 1. The van der Waals surface area contributed by atoms with Crippen molar-refractivity contribution in [3.8, 4) is 16.6 Å². The van der Waals surface area contributed by atoms with Gasteiger partial charge in [-0.15, -0.1) is 11.3 Å². The van der Waals surface area contributed by atoms with Crippen LogP contribution in [0.5, 0.6) is 0 Å². The molecule has 2 aromatic heterocycles. The minimum absolute atomic E-state index is 0.631. The Labute approximate surface area is 79.3 Å². The zero-order chi connectivity index (χ0) is 9.10. The second-order valence-corrected chi connectivity index (χ2v) is 3.41. The fraction of sp³-hybridized carbons (Fsp3) is 0. The Morgan fingerprint density at radius 1 is 1.31 bits per heavy atom. The number of hydrogen-bond donors (Lipinski definition) is 0. The van der Waals surface area contributed by atoms with Crippen molar-refractivity contribution in [2.75, 3.05) is 0 Å². The average Bonchev–Trinajstić information content (AvgIpc) is 2.67. The molecule has 0 radical (unpaired) electrons. The molecule has 2 heterocycles. The van der Waals surface area contributed by atoms with Gasteiger partial charge in [0.25, 0.3) is 0 Å². The summed E-state index contributed by atoms with van der Waals surface area (Å²) in [6, 6.07) is 5.81. The lowest BCUT2D eigenvalue weighted by Gasteiger charge is -1.91. The minimum Gasteiger partial charge on any atom is -0.265 e. The van der Waals surface area contributed by atoms with Crippen molar-refractivity contribution in [2.24, 2.45) is 0 Å². The first kappa shape index (κ1) is 7.90. The van der Waals surface area contributed by atoms with Crippen LogP contribution in [-0.4, -0.2) is 9.97 Å². The van der Waals surface area contributed by atoms with E-state index in [9.17, 15) is 0 Å². The normalized spacial score (nSPS) is 9.46. The third kappa shape index (κ3) is 1.55. The van der Waals surface area contributed by atoms with Gasteiger partial charge in [0.1, 0.15) is 16.0 Å². The topological polar surface area (TPSA) is 49.6 Å². The molecule has 0 aliphatic carbocycles. The average molecular weight is 187 g/mol. The third-order valence-corrected chi connectivity index (χ3v) is 2.49. The van der Waals surface area contributed by atoms with Crippen LogP contribution in [0.4, 0.5) is 0 Å². The minimum atomic E-state index is 0.631. The summed E-state index contributed by atoms with van der Waals surface area (Å²) in [5, 5.41) is 9.47. The molecule has 0 N–H and O–H groups in total. The molecule has 0 unspecified atom stereocenters. The van der Waals surface area contributed by atoms with E-state index < -0.39 is 0 Å². The van der Waals surface area contributed by atoms with Crippen LogP contribution in [0.1, 0.15) is 4.88 Å². The molecule has 0 fully saturated rings. The Bertz CT molecular complexity index is 441. The van der Waals surface area contributed by atoms with Crippen molar-refractivity contribution < 1.29 is 0 Å². The molecule has 0 atom stereocenters. The zero-order valence-corrected chi connectivity index (χ0v) is 7.45. The quantitative estimate of drug-likeness (QED) is 0.686. The van der Waals surface area contributed by atoms with Crippen molar-refractivity contribution in [2.45, 2.75) is 0 Å². The van der Waals surface area contributed by atoms with Crippen molar-refractivity contribution in [1.82, 2.24) is 9.97 Å². The molecule has 0 aliphatic rings. The summed E-state index contributed by atoms with van der Waals surface area (Å²) in [4.78, 5) is 8.67. The van der Waals surface area contributed by atoms with Crippen LogP contribution in [-0.2, 0) is 0 Å². The number of aromatic nitrogens is 2. The van der Waals surface area contributed by atoms with Crippen molar-refractivity contribution in [1.29, 1.82) is 5.26 Å². The lowest BCUT2D eigenvalue weighted by atomic mass is 10.3. The van der Waals surface area contributed by atoms with Gasteiger partial charge in [-0.25, -0.2) is 4.98 Å². The van der Waals surface area contributed by atoms with Crippen LogP contribution >= 0.6 is 11.3 Å². The third-order valence-electron chi connectivity index (χ3n) is 1.54. The van der Waals surface area contributed by atoms with Crippen LogP contribution in [0.25, 0.3) is 10.6 Å². The van der Waals surface area contributed by atoms with E-state index in [-0.39, 0.29) is 0 Å². The Kier molecular flexibility index (Phi) is 2.02. The summed E-state index contributed by atoms with van der Waals surface area (Å²) >= 11 is 1.39. The van der Waals surface area contributed by atoms with E-state index in [4.69, 9.17) is 5.26 Å². The van der Waals surface area contributed by atoms with E-state index in [0.29, 0.717) is 4.88 Å². The van der Waals surface area contributed by atoms with E-state index in [2.05, 4.69) is 16.0 Å². The van der Waals surface area contributed by atoms with Gasteiger partial charge in [0.15, 0.2) is 0 Å². The van der Waals surface area contributed by atoms with Crippen LogP contribution < -0.4 is 0 Å². The Balaban J connectivity index is 2.43. The molecule has 0 spiro atoms. The van der Waals surface area contributed by atoms with Gasteiger partial charge in [0.2, 0.25) is 0 Å². The highest BCUT2D eigenvalue weighted by atomic mass is 32.1. The Morgan fingerprint density at radius 2 is 2.08 bits per heavy atom. The predicted octanol–water partition coefficient (Wildman–Crippen LogP) is 2.08. The van der Waals surface area contributed by atoms with Crippen LogP contribution in [0.15, 0.2) is 30.7 Å². The van der Waals surface area contributed by atoms with Gasteiger partial charge in [-0.1, -0.05) is 0 Å². The maximum Gasteiger partial charge on any atom is 0.125 e. The van der Waals surface area contributed by atoms with Gasteiger partial charge in [-0.2, -0.15) is 5.26 Å². The van der Waals surface area contributed by atoms with Gasteiger partial charge >= 0.3 is 0 Å². The van der Waals surface area contributed by atoms with Gasteiger partial charge < -0.3 is 0 Å². The second-order valence-electron chi connectivity index (χ2n) is 2.38. The maximum atomic E-state index is 8.61. The fourth-order valence-corrected chi connectivity index (χ4v) is 1.67. The van der Waals surface area contributed by atoms with Gasteiger partial charge in [-0.3, -0.25) is 4.98 Å². The lowest BCUT2D eigenvalue weighted by Crippen LogP contribution is -1.74. The van der Waals surface area contributed by atoms with E-state index >= 15 is 0 Å². The molecule has 0 aromatic carbocycles. The van der Waals surface area contributed by atoms with Gasteiger partial charge in [0, 0.05) is 18.0 Å². The fourth-order valence-electron chi connectivity index (χ4n) is 0.954. The highest BCUT2D eigenvalue weighted by Crippen LogP contribution is 2.23. The predicted molar refractivity (Wildman–Crippen MR) is 50.1 cm³/mol. The SMILES string of the molecule is N#Cc1cnc(-c2ccncc2)s1. The summed E-state index contributed by atoms with van der Waals surface area (Å²) in [6.45, 7) is 0. The van der Waals surface area contributed by atoms with Gasteiger partial charge in [-0.05, 0) is 12.1 Å². The number of pyridine rings is 1. The first-order valence-electron chi connectivity index (χ1n) is 3.66. The Morgan fingerprint density at radius 3 is 2.69 bits per heavy atom. The summed E-state index contributed by atoms with van der Waals surface area (Å²) in [5.74, 6) is 0. The molecular formula is C9H5N3S. The molecule has 0 saturated carbocycles. The molecule has 0 amide bonds. The molecule has 0 saturated heterocycles.